The minimum absolute atomic E-state index is 0.192. The van der Waals surface area contributed by atoms with Crippen LogP contribution in [0.3, 0.4) is 0 Å². The molecule has 3 aromatic heterocycles. The Morgan fingerprint density at radius 1 is 1.29 bits per heavy atom. The van der Waals surface area contributed by atoms with Crippen LogP contribution in [0.25, 0.3) is 10.2 Å². The van der Waals surface area contributed by atoms with E-state index in [4.69, 9.17) is 4.52 Å². The van der Waals surface area contributed by atoms with Gasteiger partial charge >= 0.3 is 0 Å². The van der Waals surface area contributed by atoms with Crippen LogP contribution in [0.15, 0.2) is 21.7 Å². The molecule has 0 atom stereocenters. The van der Waals surface area contributed by atoms with Crippen molar-refractivity contribution in [3.8, 4) is 0 Å². The van der Waals surface area contributed by atoms with Crippen molar-refractivity contribution < 1.29 is 14.1 Å². The Bertz CT molecular complexity index is 1110. The monoisotopic (exact) mass is 401 g/mol. The second kappa shape index (κ2) is 7.55. The lowest BCUT2D eigenvalue weighted by atomic mass is 9.97. The fourth-order valence-electron chi connectivity index (χ4n) is 3.30. The van der Waals surface area contributed by atoms with Crippen LogP contribution in [0.5, 0.6) is 0 Å². The number of thiophene rings is 1. The van der Waals surface area contributed by atoms with E-state index < -0.39 is 11.8 Å². The van der Waals surface area contributed by atoms with Gasteiger partial charge in [-0.05, 0) is 38.2 Å². The molecule has 0 spiro atoms. The molecule has 0 bridgehead atoms. The summed E-state index contributed by atoms with van der Waals surface area (Å²) in [6, 6.07) is 1.57. The van der Waals surface area contributed by atoms with Crippen molar-refractivity contribution in [3.05, 3.63) is 38.9 Å². The Labute approximate surface area is 163 Å². The van der Waals surface area contributed by atoms with Gasteiger partial charge in [0.05, 0.1) is 18.3 Å². The molecule has 3 heterocycles. The van der Waals surface area contributed by atoms with Gasteiger partial charge in [0.2, 0.25) is 11.8 Å². The number of carbonyl (C=O) groups is 2. The van der Waals surface area contributed by atoms with Gasteiger partial charge in [-0.1, -0.05) is 5.16 Å². The molecule has 2 amide bonds. The van der Waals surface area contributed by atoms with E-state index in [1.54, 1.807) is 24.3 Å². The zero-order valence-electron chi connectivity index (χ0n) is 15.3. The molecule has 4 rings (SSSR count). The van der Waals surface area contributed by atoms with Crippen molar-refractivity contribution in [3.63, 3.8) is 0 Å². The van der Waals surface area contributed by atoms with Gasteiger partial charge in [0, 0.05) is 10.9 Å². The maximum absolute atomic E-state index is 12.8. The second-order valence-electron chi connectivity index (χ2n) is 6.72. The number of fused-ring (bicyclic) bond motifs is 3. The molecule has 0 saturated carbocycles. The van der Waals surface area contributed by atoms with Gasteiger partial charge in [0.25, 0.3) is 5.56 Å². The van der Waals surface area contributed by atoms with E-state index >= 15 is 0 Å². The highest BCUT2D eigenvalue weighted by Crippen LogP contribution is 2.33. The third-order valence-corrected chi connectivity index (χ3v) is 5.80. The number of amides is 2. The molecule has 1 aliphatic carbocycles. The fraction of sp³-hybridized carbons (Fsp3) is 0.389. The van der Waals surface area contributed by atoms with Crippen molar-refractivity contribution in [2.24, 2.45) is 0 Å². The zero-order chi connectivity index (χ0) is 19.7. The third kappa shape index (κ3) is 3.68. The Hall–Kier alpha value is -3.01. The Morgan fingerprint density at radius 3 is 2.89 bits per heavy atom. The fourth-order valence-corrected chi connectivity index (χ4v) is 4.52. The van der Waals surface area contributed by atoms with Gasteiger partial charge in [-0.3, -0.25) is 19.0 Å². The molecule has 0 fully saturated rings. The van der Waals surface area contributed by atoms with Gasteiger partial charge in [-0.25, -0.2) is 4.98 Å². The van der Waals surface area contributed by atoms with Crippen LogP contribution in [0.4, 0.5) is 5.82 Å². The van der Waals surface area contributed by atoms with E-state index in [-0.39, 0.29) is 24.5 Å². The van der Waals surface area contributed by atoms with Gasteiger partial charge < -0.3 is 15.2 Å². The van der Waals surface area contributed by atoms with Crippen LogP contribution in [0, 0.1) is 6.92 Å². The summed E-state index contributed by atoms with van der Waals surface area (Å²) < 4.78 is 6.14. The second-order valence-corrected chi connectivity index (χ2v) is 7.80. The average molecular weight is 401 g/mol. The smallest absolute Gasteiger partial charge is 0.262 e. The summed E-state index contributed by atoms with van der Waals surface area (Å²) in [5.74, 6) is -0.0321. The van der Waals surface area contributed by atoms with Crippen LogP contribution in [-0.4, -0.2) is 33.1 Å². The molecule has 2 N–H and O–H groups in total. The van der Waals surface area contributed by atoms with E-state index in [0.29, 0.717) is 11.1 Å². The number of carbonyl (C=O) groups excluding carboxylic acids is 2. The summed E-state index contributed by atoms with van der Waals surface area (Å²) in [6.45, 7) is 1.28. The van der Waals surface area contributed by atoms with Crippen molar-refractivity contribution in [1.29, 1.82) is 0 Å². The number of anilines is 1. The third-order valence-electron chi connectivity index (χ3n) is 4.60. The van der Waals surface area contributed by atoms with Crippen molar-refractivity contribution in [2.45, 2.75) is 39.2 Å². The van der Waals surface area contributed by atoms with Gasteiger partial charge in [-0.2, -0.15) is 0 Å². The van der Waals surface area contributed by atoms with Crippen molar-refractivity contribution in [2.75, 3.05) is 11.9 Å². The average Bonchev–Trinajstić information content (AvgIpc) is 3.25. The Balaban J connectivity index is 1.41. The first-order chi connectivity index (χ1) is 13.5. The van der Waals surface area contributed by atoms with Crippen LogP contribution in [-0.2, 0) is 29.0 Å². The highest BCUT2D eigenvalue weighted by molar-refractivity contribution is 7.18. The predicted molar refractivity (Wildman–Crippen MR) is 103 cm³/mol. The highest BCUT2D eigenvalue weighted by Gasteiger charge is 2.20. The van der Waals surface area contributed by atoms with Crippen molar-refractivity contribution >= 4 is 39.2 Å². The summed E-state index contributed by atoms with van der Waals surface area (Å²) in [5, 5.41) is 9.29. The molecule has 146 valence electrons. The Morgan fingerprint density at radius 2 is 2.11 bits per heavy atom. The normalized spacial score (nSPS) is 13.3. The lowest BCUT2D eigenvalue weighted by Gasteiger charge is -2.10. The molecule has 3 aromatic rings. The minimum atomic E-state index is -0.446. The number of aromatic nitrogens is 3. The summed E-state index contributed by atoms with van der Waals surface area (Å²) in [7, 11) is 0. The van der Waals surface area contributed by atoms with Crippen LogP contribution in [0.1, 0.15) is 29.0 Å². The largest absolute Gasteiger partial charge is 0.360 e. The summed E-state index contributed by atoms with van der Waals surface area (Å²) >= 11 is 1.57. The molecule has 1 aliphatic rings. The topological polar surface area (TPSA) is 119 Å². The number of hydrogen-bond donors (Lipinski definition) is 2. The Kier molecular flexibility index (Phi) is 4.95. The first-order valence-corrected chi connectivity index (χ1v) is 9.82. The van der Waals surface area contributed by atoms with E-state index in [1.165, 1.54) is 15.8 Å². The minimum Gasteiger partial charge on any atom is -0.360 e. The molecule has 0 aromatic carbocycles. The summed E-state index contributed by atoms with van der Waals surface area (Å²) in [6.07, 6.45) is 5.45. The SMILES string of the molecule is Cc1cc(NC(=O)CNC(=O)Cn2cnc3sc4c(c3c2=O)CCCC4)no1. The number of nitrogens with zero attached hydrogens (tertiary/aromatic N) is 3. The first-order valence-electron chi connectivity index (χ1n) is 9.01. The van der Waals surface area contributed by atoms with Crippen molar-refractivity contribution in [1.82, 2.24) is 20.0 Å². The molecule has 9 nitrogen and oxygen atoms in total. The number of rotatable bonds is 5. The van der Waals surface area contributed by atoms with Crippen LogP contribution < -0.4 is 16.2 Å². The quantitative estimate of drug-likeness (QED) is 0.667. The molecule has 0 saturated heterocycles. The van der Waals surface area contributed by atoms with Crippen LogP contribution in [0.2, 0.25) is 0 Å². The first kappa shape index (κ1) is 18.4. The lowest BCUT2D eigenvalue weighted by molar-refractivity contribution is -0.124. The van der Waals surface area contributed by atoms with Gasteiger partial charge in [-0.15, -0.1) is 11.3 Å². The predicted octanol–water partition coefficient (Wildman–Crippen LogP) is 1.39. The highest BCUT2D eigenvalue weighted by atomic mass is 32.1. The number of aryl methyl sites for hydroxylation is 3. The maximum atomic E-state index is 12.8. The summed E-state index contributed by atoms with van der Waals surface area (Å²) in [4.78, 5) is 43.2. The van der Waals surface area contributed by atoms with E-state index in [2.05, 4.69) is 20.8 Å². The lowest BCUT2D eigenvalue weighted by Crippen LogP contribution is -2.37. The maximum Gasteiger partial charge on any atom is 0.262 e. The van der Waals surface area contributed by atoms with Gasteiger partial charge in [0.1, 0.15) is 17.1 Å². The molecule has 0 radical (unpaired) electrons. The molecular formula is C18H19N5O4S. The molecule has 0 unspecified atom stereocenters. The van der Waals surface area contributed by atoms with Crippen LogP contribution >= 0.6 is 11.3 Å². The van der Waals surface area contributed by atoms with E-state index in [1.807, 2.05) is 0 Å². The number of nitrogens with one attached hydrogen (secondary N) is 2. The molecule has 10 heteroatoms. The molecular weight excluding hydrogens is 382 g/mol. The van der Waals surface area contributed by atoms with Gasteiger partial charge in [0.15, 0.2) is 5.82 Å². The zero-order valence-corrected chi connectivity index (χ0v) is 16.1. The van der Waals surface area contributed by atoms with E-state index in [0.717, 1.165) is 36.1 Å². The molecule has 28 heavy (non-hydrogen) atoms. The molecule has 0 aliphatic heterocycles. The number of hydrogen-bond acceptors (Lipinski definition) is 7. The summed E-state index contributed by atoms with van der Waals surface area (Å²) in [5.41, 5.74) is 0.878. The van der Waals surface area contributed by atoms with E-state index in [9.17, 15) is 14.4 Å². The standard InChI is InChI=1S/C18H19N5O4S/c1-10-6-13(22-27-10)21-14(24)7-19-15(25)8-23-9-20-17-16(18(23)26)11-4-2-3-5-12(11)28-17/h6,9H,2-5,7-8H2,1H3,(H,19,25)(H,21,22,24).